The lowest BCUT2D eigenvalue weighted by molar-refractivity contribution is 0.323. The second kappa shape index (κ2) is 3.74. The summed E-state index contributed by atoms with van der Waals surface area (Å²) in [4.78, 5) is 11.7. The average Bonchev–Trinajstić information content (AvgIpc) is 2.84. The van der Waals surface area contributed by atoms with Crippen molar-refractivity contribution in [1.29, 1.82) is 0 Å². The van der Waals surface area contributed by atoms with Crippen molar-refractivity contribution < 1.29 is 0 Å². The second-order valence-electron chi connectivity index (χ2n) is 4.52. The Morgan fingerprint density at radius 1 is 1.20 bits per heavy atom. The van der Waals surface area contributed by atoms with Gasteiger partial charge in [-0.3, -0.25) is 14.6 Å². The number of hydrogen-bond donors (Lipinski definition) is 1. The largest absolute Gasteiger partial charge is 0.285 e. The number of thioether (sulfide) groups is 1. The molecule has 0 aromatic carbocycles. The third-order valence-corrected chi connectivity index (χ3v) is 4.53. The molecule has 2 heterocycles. The van der Waals surface area contributed by atoms with Gasteiger partial charge in [0.1, 0.15) is 0 Å². The molecule has 0 unspecified atom stereocenters. The highest BCUT2D eigenvalue weighted by molar-refractivity contribution is 7.98. The van der Waals surface area contributed by atoms with Crippen LogP contribution in [0.3, 0.4) is 0 Å². The fourth-order valence-corrected chi connectivity index (χ4v) is 3.84. The van der Waals surface area contributed by atoms with Crippen LogP contribution in [0.2, 0.25) is 0 Å². The van der Waals surface area contributed by atoms with Crippen LogP contribution in [0.1, 0.15) is 49.4 Å². The van der Waals surface area contributed by atoms with Crippen molar-refractivity contribution in [2.45, 2.75) is 49.7 Å². The molecule has 82 valence electrons. The molecular weight excluding hydrogens is 208 g/mol. The summed E-state index contributed by atoms with van der Waals surface area (Å²) >= 11 is 1.86. The van der Waals surface area contributed by atoms with Crippen molar-refractivity contribution in [2.24, 2.45) is 0 Å². The summed E-state index contributed by atoms with van der Waals surface area (Å²) in [6, 6.07) is 0.564. The topological polar surface area (TPSA) is 37.8 Å². The first-order valence-corrected chi connectivity index (χ1v) is 6.92. The van der Waals surface area contributed by atoms with Gasteiger partial charge in [0.05, 0.1) is 17.3 Å². The second-order valence-corrected chi connectivity index (χ2v) is 5.51. The van der Waals surface area contributed by atoms with E-state index in [2.05, 4.69) is 9.78 Å². The van der Waals surface area contributed by atoms with E-state index in [9.17, 15) is 4.79 Å². The quantitative estimate of drug-likeness (QED) is 0.795. The summed E-state index contributed by atoms with van der Waals surface area (Å²) in [6.07, 6.45) is 6.46. The highest BCUT2D eigenvalue weighted by Gasteiger charge is 2.25. The van der Waals surface area contributed by atoms with E-state index >= 15 is 0 Å². The van der Waals surface area contributed by atoms with Crippen LogP contribution in [-0.4, -0.2) is 9.78 Å². The Hall–Kier alpha value is -0.640. The highest BCUT2D eigenvalue weighted by Crippen LogP contribution is 2.33. The molecule has 1 saturated carbocycles. The SMILES string of the molecule is O=c1[nH]n(C2CCCCC2)c2c1CSC2. The van der Waals surface area contributed by atoms with Crippen molar-refractivity contribution >= 4 is 11.8 Å². The number of rotatable bonds is 1. The fourth-order valence-electron chi connectivity index (χ4n) is 2.73. The molecule has 0 saturated heterocycles. The molecule has 1 aliphatic heterocycles. The van der Waals surface area contributed by atoms with Crippen molar-refractivity contribution in [3.63, 3.8) is 0 Å². The number of fused-ring (bicyclic) bond motifs is 1. The van der Waals surface area contributed by atoms with Crippen LogP contribution in [0.4, 0.5) is 0 Å². The molecule has 0 bridgehead atoms. The van der Waals surface area contributed by atoms with Crippen molar-refractivity contribution in [1.82, 2.24) is 9.78 Å². The number of aromatic nitrogens is 2. The molecule has 3 rings (SSSR count). The molecule has 1 aliphatic carbocycles. The lowest BCUT2D eigenvalue weighted by Crippen LogP contribution is -2.17. The molecule has 0 atom stereocenters. The van der Waals surface area contributed by atoms with Crippen LogP contribution >= 0.6 is 11.8 Å². The molecule has 2 aliphatic rings. The Bertz CT molecular complexity index is 415. The Balaban J connectivity index is 1.97. The highest BCUT2D eigenvalue weighted by atomic mass is 32.2. The lowest BCUT2D eigenvalue weighted by Gasteiger charge is -2.24. The molecule has 3 nitrogen and oxygen atoms in total. The molecular formula is C11H16N2OS. The molecule has 1 aromatic rings. The van der Waals surface area contributed by atoms with Gasteiger partial charge in [-0.15, -0.1) is 0 Å². The third kappa shape index (κ3) is 1.55. The summed E-state index contributed by atoms with van der Waals surface area (Å²) in [6.45, 7) is 0. The van der Waals surface area contributed by atoms with Crippen LogP contribution in [0.15, 0.2) is 4.79 Å². The minimum atomic E-state index is 0.153. The summed E-state index contributed by atoms with van der Waals surface area (Å²) in [5.74, 6) is 1.93. The Kier molecular flexibility index (Phi) is 2.39. The first-order chi connectivity index (χ1) is 7.36. The van der Waals surface area contributed by atoms with Crippen LogP contribution < -0.4 is 5.56 Å². The van der Waals surface area contributed by atoms with E-state index in [-0.39, 0.29) is 5.56 Å². The molecule has 0 amide bonds. The maximum atomic E-state index is 11.7. The molecule has 0 spiro atoms. The normalized spacial score (nSPS) is 21.9. The Morgan fingerprint density at radius 3 is 2.80 bits per heavy atom. The minimum absolute atomic E-state index is 0.153. The average molecular weight is 224 g/mol. The number of aromatic amines is 1. The maximum Gasteiger partial charge on any atom is 0.268 e. The van der Waals surface area contributed by atoms with Gasteiger partial charge in [0.15, 0.2) is 0 Å². The summed E-state index contributed by atoms with van der Waals surface area (Å²) < 4.78 is 2.18. The van der Waals surface area contributed by atoms with Gasteiger partial charge < -0.3 is 0 Å². The minimum Gasteiger partial charge on any atom is -0.285 e. The van der Waals surface area contributed by atoms with Gasteiger partial charge in [-0.1, -0.05) is 19.3 Å². The van der Waals surface area contributed by atoms with E-state index in [1.807, 2.05) is 11.8 Å². The Morgan fingerprint density at radius 2 is 2.00 bits per heavy atom. The molecule has 1 N–H and O–H groups in total. The van der Waals surface area contributed by atoms with Crippen LogP contribution in [0.5, 0.6) is 0 Å². The third-order valence-electron chi connectivity index (χ3n) is 3.56. The zero-order chi connectivity index (χ0) is 10.3. The van der Waals surface area contributed by atoms with E-state index in [0.717, 1.165) is 17.1 Å². The van der Waals surface area contributed by atoms with Gasteiger partial charge in [-0.05, 0) is 12.8 Å². The van der Waals surface area contributed by atoms with E-state index < -0.39 is 0 Å². The van der Waals surface area contributed by atoms with Gasteiger partial charge in [0.25, 0.3) is 5.56 Å². The maximum absolute atomic E-state index is 11.7. The zero-order valence-corrected chi connectivity index (χ0v) is 9.61. The van der Waals surface area contributed by atoms with Crippen LogP contribution in [0, 0.1) is 0 Å². The summed E-state index contributed by atoms with van der Waals surface area (Å²) in [5, 5.41) is 3.03. The smallest absolute Gasteiger partial charge is 0.268 e. The Labute approximate surface area is 93.2 Å². The van der Waals surface area contributed by atoms with Crippen LogP contribution in [0.25, 0.3) is 0 Å². The summed E-state index contributed by atoms with van der Waals surface area (Å²) in [7, 11) is 0. The monoisotopic (exact) mass is 224 g/mol. The standard InChI is InChI=1S/C11H16N2OS/c14-11-9-6-15-7-10(9)13(12-11)8-4-2-1-3-5-8/h8H,1-7H2,(H,12,14). The molecule has 4 heteroatoms. The first-order valence-electron chi connectivity index (χ1n) is 5.76. The predicted octanol–water partition coefficient (Wildman–Crippen LogP) is 2.43. The van der Waals surface area contributed by atoms with E-state index in [4.69, 9.17) is 0 Å². The molecule has 1 aromatic heterocycles. The van der Waals surface area contributed by atoms with E-state index in [1.165, 1.54) is 37.8 Å². The van der Waals surface area contributed by atoms with Gasteiger partial charge >= 0.3 is 0 Å². The van der Waals surface area contributed by atoms with Gasteiger partial charge in [0.2, 0.25) is 0 Å². The van der Waals surface area contributed by atoms with E-state index in [0.29, 0.717) is 6.04 Å². The number of H-pyrrole nitrogens is 1. The number of nitrogens with one attached hydrogen (secondary N) is 1. The number of hydrogen-bond acceptors (Lipinski definition) is 2. The van der Waals surface area contributed by atoms with Crippen molar-refractivity contribution in [3.8, 4) is 0 Å². The van der Waals surface area contributed by atoms with Crippen molar-refractivity contribution in [2.75, 3.05) is 0 Å². The predicted molar refractivity (Wildman–Crippen MR) is 62.2 cm³/mol. The first kappa shape index (κ1) is 9.58. The molecule has 0 radical (unpaired) electrons. The van der Waals surface area contributed by atoms with E-state index in [1.54, 1.807) is 0 Å². The van der Waals surface area contributed by atoms with Gasteiger partial charge in [-0.25, -0.2) is 0 Å². The van der Waals surface area contributed by atoms with Gasteiger partial charge in [0, 0.05) is 11.5 Å². The zero-order valence-electron chi connectivity index (χ0n) is 8.79. The van der Waals surface area contributed by atoms with Gasteiger partial charge in [-0.2, -0.15) is 11.8 Å². The van der Waals surface area contributed by atoms with Crippen molar-refractivity contribution in [3.05, 3.63) is 21.6 Å². The van der Waals surface area contributed by atoms with Crippen LogP contribution in [-0.2, 0) is 11.5 Å². The summed E-state index contributed by atoms with van der Waals surface area (Å²) in [5.41, 5.74) is 2.46. The number of nitrogens with zero attached hydrogens (tertiary/aromatic N) is 1. The fraction of sp³-hybridized carbons (Fsp3) is 0.727. The molecule has 1 fully saturated rings. The lowest BCUT2D eigenvalue weighted by atomic mass is 9.95. The molecule has 15 heavy (non-hydrogen) atoms.